The van der Waals surface area contributed by atoms with Gasteiger partial charge in [-0.15, -0.1) is 5.10 Å². The first kappa shape index (κ1) is 21.4. The predicted molar refractivity (Wildman–Crippen MR) is 120 cm³/mol. The van der Waals surface area contributed by atoms with Crippen LogP contribution in [0.5, 0.6) is 11.5 Å². The Morgan fingerprint density at radius 3 is 2.56 bits per heavy atom. The minimum absolute atomic E-state index is 0.291. The van der Waals surface area contributed by atoms with Gasteiger partial charge in [-0.05, 0) is 54.5 Å². The summed E-state index contributed by atoms with van der Waals surface area (Å²) in [5, 5.41) is 4.24. The lowest BCUT2D eigenvalue weighted by Gasteiger charge is -2.10. The molecule has 0 N–H and O–H groups in total. The molecule has 2 heterocycles. The summed E-state index contributed by atoms with van der Waals surface area (Å²) in [6.45, 7) is 3.54. The number of aromatic nitrogens is 3. The van der Waals surface area contributed by atoms with Gasteiger partial charge < -0.3 is 9.47 Å². The van der Waals surface area contributed by atoms with Crippen LogP contribution in [0.2, 0.25) is 0 Å². The quantitative estimate of drug-likeness (QED) is 0.330. The molecule has 0 fully saturated rings. The van der Waals surface area contributed by atoms with Crippen molar-refractivity contribution < 1.29 is 18.7 Å². The second-order valence-electron chi connectivity index (χ2n) is 6.70. The Balaban J connectivity index is 1.64. The Morgan fingerprint density at radius 2 is 1.88 bits per heavy atom. The van der Waals surface area contributed by atoms with E-state index >= 15 is 0 Å². The molecule has 0 amide bonds. The van der Waals surface area contributed by atoms with E-state index in [0.29, 0.717) is 39.0 Å². The third-order valence-electron chi connectivity index (χ3n) is 4.31. The number of fused-ring (bicyclic) bond motifs is 1. The summed E-state index contributed by atoms with van der Waals surface area (Å²) in [7, 11) is 0. The molecule has 32 heavy (non-hydrogen) atoms. The van der Waals surface area contributed by atoms with Gasteiger partial charge in [-0.3, -0.25) is 9.59 Å². The summed E-state index contributed by atoms with van der Waals surface area (Å²) in [5.74, 6) is 0.362. The van der Waals surface area contributed by atoms with E-state index < -0.39 is 5.97 Å². The second kappa shape index (κ2) is 9.11. The molecule has 0 aliphatic heterocycles. The lowest BCUT2D eigenvalue weighted by Crippen LogP contribution is -2.23. The van der Waals surface area contributed by atoms with Gasteiger partial charge in [-0.25, -0.2) is 4.39 Å². The average Bonchev–Trinajstić information content (AvgIpc) is 3.28. The first-order chi connectivity index (χ1) is 15.4. The molecule has 0 bridgehead atoms. The number of hydrogen-bond donors (Lipinski definition) is 0. The van der Waals surface area contributed by atoms with E-state index in [1.54, 1.807) is 48.6 Å². The van der Waals surface area contributed by atoms with Crippen LogP contribution in [0.4, 0.5) is 4.39 Å². The summed E-state index contributed by atoms with van der Waals surface area (Å²) in [6, 6.07) is 11.1. The van der Waals surface area contributed by atoms with Gasteiger partial charge in [-0.2, -0.15) is 9.50 Å². The van der Waals surface area contributed by atoms with Crippen molar-refractivity contribution in [3.8, 4) is 11.5 Å². The van der Waals surface area contributed by atoms with Crippen molar-refractivity contribution in [2.24, 2.45) is 0 Å². The van der Waals surface area contributed by atoms with Crippen LogP contribution in [-0.2, 0) is 4.79 Å². The van der Waals surface area contributed by atoms with Gasteiger partial charge in [0.05, 0.1) is 11.1 Å². The van der Waals surface area contributed by atoms with Crippen LogP contribution in [0.3, 0.4) is 0 Å². The number of esters is 1. The molecule has 0 aliphatic rings. The third-order valence-corrected chi connectivity index (χ3v) is 5.27. The zero-order chi connectivity index (χ0) is 22.7. The van der Waals surface area contributed by atoms with Crippen molar-refractivity contribution in [1.82, 2.24) is 14.6 Å². The third kappa shape index (κ3) is 4.73. The lowest BCUT2D eigenvalue weighted by atomic mass is 10.2. The highest BCUT2D eigenvalue weighted by molar-refractivity contribution is 7.15. The van der Waals surface area contributed by atoms with E-state index in [9.17, 15) is 14.0 Å². The Hall–Kier alpha value is -3.85. The summed E-state index contributed by atoms with van der Waals surface area (Å²) in [4.78, 5) is 28.8. The number of thiazole rings is 1. The molecule has 2 aromatic carbocycles. The van der Waals surface area contributed by atoms with Crippen LogP contribution in [0.25, 0.3) is 23.2 Å². The minimum atomic E-state index is -0.445. The number of hydrogen-bond acceptors (Lipinski definition) is 7. The highest BCUT2D eigenvalue weighted by Crippen LogP contribution is 2.29. The summed E-state index contributed by atoms with van der Waals surface area (Å²) in [6.07, 6.45) is 5.12. The largest absolute Gasteiger partial charge is 0.490 e. The van der Waals surface area contributed by atoms with Crippen molar-refractivity contribution in [3.05, 3.63) is 80.1 Å². The monoisotopic (exact) mass is 451 g/mol. The van der Waals surface area contributed by atoms with Crippen LogP contribution in [0.1, 0.15) is 30.8 Å². The summed E-state index contributed by atoms with van der Waals surface area (Å²) in [5.41, 5.74) is 1.21. The number of ether oxygens (including phenoxy) is 2. The maximum atomic E-state index is 13.0. The van der Waals surface area contributed by atoms with Gasteiger partial charge in [0.1, 0.15) is 5.82 Å². The zero-order valence-corrected chi connectivity index (χ0v) is 18.1. The van der Waals surface area contributed by atoms with Crippen molar-refractivity contribution in [2.45, 2.75) is 13.8 Å². The first-order valence-corrected chi connectivity index (χ1v) is 10.5. The Morgan fingerprint density at radius 1 is 1.12 bits per heavy atom. The Labute approximate surface area is 186 Å². The van der Waals surface area contributed by atoms with Crippen LogP contribution in [0.15, 0.2) is 47.3 Å². The number of benzene rings is 2. The SMILES string of the molecule is CCOc1cc(C=c2sc3nc(C=Cc4ccc(F)cc4)nn3c2=O)ccc1OC(C)=O. The molecule has 2 aromatic heterocycles. The molecule has 162 valence electrons. The molecule has 9 heteroatoms. The molecule has 0 saturated carbocycles. The lowest BCUT2D eigenvalue weighted by molar-refractivity contribution is -0.132. The number of halogens is 1. The average molecular weight is 451 g/mol. The van der Waals surface area contributed by atoms with Crippen molar-refractivity contribution in [2.75, 3.05) is 6.61 Å². The van der Waals surface area contributed by atoms with E-state index in [1.807, 2.05) is 6.92 Å². The fraction of sp³-hybridized carbons (Fsp3) is 0.130. The Bertz CT molecular complexity index is 1420. The van der Waals surface area contributed by atoms with E-state index in [2.05, 4.69) is 10.1 Å². The number of carbonyl (C=O) groups is 1. The van der Waals surface area contributed by atoms with Crippen LogP contribution in [-0.4, -0.2) is 27.2 Å². The standard InChI is InChI=1S/C23H18FN3O4S/c1-3-30-19-12-16(6-10-18(19)31-14(2)28)13-20-22(29)27-23(32-20)25-21(26-27)11-7-15-4-8-17(24)9-5-15/h4-13H,3H2,1-2H3. The fourth-order valence-corrected chi connectivity index (χ4v) is 3.85. The molecule has 0 aliphatic carbocycles. The summed E-state index contributed by atoms with van der Waals surface area (Å²) < 4.78 is 25.4. The number of carbonyl (C=O) groups excluding carboxylic acids is 1. The zero-order valence-electron chi connectivity index (χ0n) is 17.2. The van der Waals surface area contributed by atoms with Gasteiger partial charge in [-0.1, -0.05) is 35.6 Å². The predicted octanol–water partition coefficient (Wildman–Crippen LogP) is 3.33. The molecule has 7 nitrogen and oxygen atoms in total. The van der Waals surface area contributed by atoms with Crippen LogP contribution >= 0.6 is 11.3 Å². The van der Waals surface area contributed by atoms with E-state index in [4.69, 9.17) is 9.47 Å². The number of rotatable bonds is 6. The van der Waals surface area contributed by atoms with Gasteiger partial charge in [0, 0.05) is 6.92 Å². The normalized spacial score (nSPS) is 12.0. The number of nitrogens with zero attached hydrogens (tertiary/aromatic N) is 3. The topological polar surface area (TPSA) is 82.8 Å². The maximum absolute atomic E-state index is 13.0. The van der Waals surface area contributed by atoms with Crippen LogP contribution in [0, 0.1) is 5.82 Å². The van der Waals surface area contributed by atoms with Crippen molar-refractivity contribution in [1.29, 1.82) is 0 Å². The highest BCUT2D eigenvalue weighted by atomic mass is 32.1. The molecule has 0 saturated heterocycles. The van der Waals surface area contributed by atoms with Gasteiger partial charge in [0.2, 0.25) is 4.96 Å². The maximum Gasteiger partial charge on any atom is 0.308 e. The van der Waals surface area contributed by atoms with Gasteiger partial charge >= 0.3 is 5.97 Å². The van der Waals surface area contributed by atoms with Crippen molar-refractivity contribution >= 4 is 40.5 Å². The summed E-state index contributed by atoms with van der Waals surface area (Å²) >= 11 is 1.21. The van der Waals surface area contributed by atoms with E-state index in [-0.39, 0.29) is 11.4 Å². The minimum Gasteiger partial charge on any atom is -0.490 e. The second-order valence-corrected chi connectivity index (χ2v) is 7.71. The fourth-order valence-electron chi connectivity index (χ4n) is 2.94. The smallest absolute Gasteiger partial charge is 0.308 e. The molecular weight excluding hydrogens is 433 g/mol. The van der Waals surface area contributed by atoms with E-state index in [1.165, 1.54) is 34.9 Å². The van der Waals surface area contributed by atoms with Crippen LogP contribution < -0.4 is 19.6 Å². The van der Waals surface area contributed by atoms with Gasteiger partial charge in [0.25, 0.3) is 5.56 Å². The van der Waals surface area contributed by atoms with Crippen molar-refractivity contribution in [3.63, 3.8) is 0 Å². The first-order valence-electron chi connectivity index (χ1n) is 9.73. The molecule has 4 aromatic rings. The molecule has 0 radical (unpaired) electrons. The molecule has 0 atom stereocenters. The Kier molecular flexibility index (Phi) is 6.09. The van der Waals surface area contributed by atoms with Gasteiger partial charge in [0.15, 0.2) is 17.3 Å². The van der Waals surface area contributed by atoms with E-state index in [0.717, 1.165) is 5.56 Å². The molecule has 0 unspecified atom stereocenters. The molecule has 0 spiro atoms. The highest BCUT2D eigenvalue weighted by Gasteiger charge is 2.11. The molecular formula is C23H18FN3O4S. The molecule has 4 rings (SSSR count).